The number of rotatable bonds is 3. The summed E-state index contributed by atoms with van der Waals surface area (Å²) in [6.07, 6.45) is 2.81. The fourth-order valence-corrected chi connectivity index (χ4v) is 2.45. The molecule has 1 saturated heterocycles. The van der Waals surface area contributed by atoms with E-state index in [9.17, 15) is 0 Å². The maximum absolute atomic E-state index is 5.81. The monoisotopic (exact) mass is 260 g/mol. The first kappa shape index (κ1) is 12.4. The largest absolute Gasteiger partial charge is 0.398 e. The summed E-state index contributed by atoms with van der Waals surface area (Å²) in [6, 6.07) is 3.76. The normalized spacial score (nSPS) is 18.2. The van der Waals surface area contributed by atoms with E-state index in [1.54, 1.807) is 0 Å². The molecule has 3 rings (SSSR count). The molecule has 6 nitrogen and oxygen atoms in total. The molecule has 1 fully saturated rings. The summed E-state index contributed by atoms with van der Waals surface area (Å²) in [5.74, 6) is 0.987. The highest BCUT2D eigenvalue weighted by atomic mass is 15.3. The molecule has 2 aromatic heterocycles. The molecule has 0 aromatic carbocycles. The third-order valence-electron chi connectivity index (χ3n) is 3.74. The quantitative estimate of drug-likeness (QED) is 0.848. The highest BCUT2D eigenvalue weighted by Crippen LogP contribution is 2.09. The van der Waals surface area contributed by atoms with E-state index in [1.165, 1.54) is 0 Å². The summed E-state index contributed by atoms with van der Waals surface area (Å²) in [4.78, 5) is 4.84. The standard InChI is InChI=1S/C13H20N6/c1-17-6-8-18(9-7-17)5-4-13-16-15-12-3-2-11(14)10-19(12)13/h2-3,10H,4-9,14H2,1H3. The lowest BCUT2D eigenvalue weighted by atomic mass is 10.3. The van der Waals surface area contributed by atoms with Crippen molar-refractivity contribution in [2.75, 3.05) is 45.5 Å². The van der Waals surface area contributed by atoms with Gasteiger partial charge in [-0.2, -0.15) is 0 Å². The number of fused-ring (bicyclic) bond motifs is 1. The molecule has 2 N–H and O–H groups in total. The minimum Gasteiger partial charge on any atom is -0.398 e. The third kappa shape index (κ3) is 2.69. The second-order valence-corrected chi connectivity index (χ2v) is 5.20. The number of nitrogens with two attached hydrogens (primary N) is 1. The zero-order chi connectivity index (χ0) is 13.2. The van der Waals surface area contributed by atoms with E-state index in [1.807, 2.05) is 22.7 Å². The molecular formula is C13H20N6. The van der Waals surface area contributed by atoms with Crippen LogP contribution in [0.4, 0.5) is 5.69 Å². The van der Waals surface area contributed by atoms with Crippen LogP contribution in [0.3, 0.4) is 0 Å². The van der Waals surface area contributed by atoms with Crippen LogP contribution in [0.1, 0.15) is 5.82 Å². The first-order chi connectivity index (χ1) is 9.22. The van der Waals surface area contributed by atoms with Gasteiger partial charge in [-0.1, -0.05) is 0 Å². The van der Waals surface area contributed by atoms with Gasteiger partial charge in [0.2, 0.25) is 0 Å². The van der Waals surface area contributed by atoms with Crippen molar-refractivity contribution >= 4 is 11.3 Å². The van der Waals surface area contributed by atoms with Crippen molar-refractivity contribution in [3.8, 4) is 0 Å². The van der Waals surface area contributed by atoms with Crippen LogP contribution in [0.25, 0.3) is 5.65 Å². The van der Waals surface area contributed by atoms with Crippen LogP contribution in [-0.4, -0.2) is 64.2 Å². The molecule has 1 aliphatic heterocycles. The van der Waals surface area contributed by atoms with Gasteiger partial charge in [0, 0.05) is 51.0 Å². The third-order valence-corrected chi connectivity index (χ3v) is 3.74. The molecule has 19 heavy (non-hydrogen) atoms. The van der Waals surface area contributed by atoms with Gasteiger partial charge in [-0.15, -0.1) is 10.2 Å². The second kappa shape index (κ2) is 5.14. The van der Waals surface area contributed by atoms with Crippen molar-refractivity contribution in [2.24, 2.45) is 0 Å². The average molecular weight is 260 g/mol. The fraction of sp³-hybridized carbons (Fsp3) is 0.538. The summed E-state index contributed by atoms with van der Waals surface area (Å²) < 4.78 is 1.99. The smallest absolute Gasteiger partial charge is 0.160 e. The van der Waals surface area contributed by atoms with Gasteiger partial charge in [0.1, 0.15) is 5.82 Å². The molecule has 0 atom stereocenters. The second-order valence-electron chi connectivity index (χ2n) is 5.20. The van der Waals surface area contributed by atoms with E-state index >= 15 is 0 Å². The molecule has 0 unspecified atom stereocenters. The van der Waals surface area contributed by atoms with Gasteiger partial charge in [0.05, 0.1) is 0 Å². The summed E-state index contributed by atoms with van der Waals surface area (Å²) >= 11 is 0. The zero-order valence-electron chi connectivity index (χ0n) is 11.3. The summed E-state index contributed by atoms with van der Waals surface area (Å²) in [5.41, 5.74) is 7.42. The highest BCUT2D eigenvalue weighted by molar-refractivity contribution is 5.47. The molecule has 0 saturated carbocycles. The molecule has 1 aliphatic rings. The van der Waals surface area contributed by atoms with Crippen molar-refractivity contribution in [2.45, 2.75) is 6.42 Å². The predicted molar refractivity (Wildman–Crippen MR) is 75.0 cm³/mol. The molecule has 3 heterocycles. The maximum Gasteiger partial charge on any atom is 0.160 e. The van der Waals surface area contributed by atoms with Gasteiger partial charge in [-0.25, -0.2) is 0 Å². The van der Waals surface area contributed by atoms with Crippen LogP contribution >= 0.6 is 0 Å². The fourth-order valence-electron chi connectivity index (χ4n) is 2.45. The van der Waals surface area contributed by atoms with Crippen molar-refractivity contribution in [3.05, 3.63) is 24.2 Å². The van der Waals surface area contributed by atoms with E-state index in [2.05, 4.69) is 27.0 Å². The Labute approximate surface area is 112 Å². The lowest BCUT2D eigenvalue weighted by Crippen LogP contribution is -2.45. The number of hydrogen-bond acceptors (Lipinski definition) is 5. The number of piperazine rings is 1. The minimum absolute atomic E-state index is 0.744. The Morgan fingerprint density at radius 1 is 1.16 bits per heavy atom. The van der Waals surface area contributed by atoms with Crippen molar-refractivity contribution in [1.29, 1.82) is 0 Å². The summed E-state index contributed by atoms with van der Waals surface area (Å²) in [5, 5.41) is 8.42. The number of anilines is 1. The Kier molecular flexibility index (Phi) is 3.35. The van der Waals surface area contributed by atoms with Crippen LogP contribution < -0.4 is 5.73 Å². The van der Waals surface area contributed by atoms with E-state index in [-0.39, 0.29) is 0 Å². The number of aromatic nitrogens is 3. The maximum atomic E-state index is 5.81. The average Bonchev–Trinajstić information content (AvgIpc) is 2.80. The van der Waals surface area contributed by atoms with Gasteiger partial charge < -0.3 is 15.5 Å². The molecular weight excluding hydrogens is 240 g/mol. The highest BCUT2D eigenvalue weighted by Gasteiger charge is 2.14. The van der Waals surface area contributed by atoms with Gasteiger partial charge in [-0.3, -0.25) is 4.40 Å². The van der Waals surface area contributed by atoms with Gasteiger partial charge in [-0.05, 0) is 19.2 Å². The van der Waals surface area contributed by atoms with Crippen molar-refractivity contribution in [3.63, 3.8) is 0 Å². The number of nitrogen functional groups attached to an aromatic ring is 1. The van der Waals surface area contributed by atoms with Crippen LogP contribution in [0.2, 0.25) is 0 Å². The predicted octanol–water partition coefficient (Wildman–Crippen LogP) is 0.101. The molecule has 102 valence electrons. The van der Waals surface area contributed by atoms with Crippen molar-refractivity contribution in [1.82, 2.24) is 24.4 Å². The zero-order valence-corrected chi connectivity index (χ0v) is 11.3. The minimum atomic E-state index is 0.744. The Bertz CT molecular complexity index is 555. The number of nitrogens with zero attached hydrogens (tertiary/aromatic N) is 5. The summed E-state index contributed by atoms with van der Waals surface area (Å²) in [6.45, 7) is 5.59. The Morgan fingerprint density at radius 2 is 1.95 bits per heavy atom. The summed E-state index contributed by atoms with van der Waals surface area (Å²) in [7, 11) is 2.17. The van der Waals surface area contributed by atoms with Crippen LogP contribution in [0, 0.1) is 0 Å². The van der Waals surface area contributed by atoms with Crippen molar-refractivity contribution < 1.29 is 0 Å². The first-order valence-corrected chi connectivity index (χ1v) is 6.72. The Hall–Kier alpha value is -1.66. The molecule has 2 aromatic rings. The molecule has 6 heteroatoms. The molecule has 0 radical (unpaired) electrons. The van der Waals surface area contributed by atoms with E-state index in [0.29, 0.717) is 0 Å². The van der Waals surface area contributed by atoms with E-state index in [0.717, 1.165) is 56.3 Å². The lowest BCUT2D eigenvalue weighted by molar-refractivity contribution is 0.155. The molecule has 0 aliphatic carbocycles. The molecule has 0 spiro atoms. The number of pyridine rings is 1. The topological polar surface area (TPSA) is 62.7 Å². The molecule has 0 amide bonds. The van der Waals surface area contributed by atoms with E-state index in [4.69, 9.17) is 5.73 Å². The van der Waals surface area contributed by atoms with E-state index < -0.39 is 0 Å². The Morgan fingerprint density at radius 3 is 2.74 bits per heavy atom. The van der Waals surface area contributed by atoms with Gasteiger partial charge in [0.25, 0.3) is 0 Å². The lowest BCUT2D eigenvalue weighted by Gasteiger charge is -2.32. The van der Waals surface area contributed by atoms with Crippen LogP contribution in [-0.2, 0) is 6.42 Å². The number of hydrogen-bond donors (Lipinski definition) is 1. The van der Waals surface area contributed by atoms with Gasteiger partial charge in [0.15, 0.2) is 5.65 Å². The first-order valence-electron chi connectivity index (χ1n) is 6.72. The van der Waals surface area contributed by atoms with Crippen LogP contribution in [0.5, 0.6) is 0 Å². The SMILES string of the molecule is CN1CCN(CCc2nnc3ccc(N)cn23)CC1. The number of likely N-dealkylation sites (N-methyl/N-ethyl adjacent to an activating group) is 1. The van der Waals surface area contributed by atoms with Crippen LogP contribution in [0.15, 0.2) is 18.3 Å². The van der Waals surface area contributed by atoms with Gasteiger partial charge >= 0.3 is 0 Å². The Balaban J connectivity index is 1.67. The molecule has 0 bridgehead atoms.